The van der Waals surface area contributed by atoms with Gasteiger partial charge in [-0.2, -0.15) is 0 Å². The summed E-state index contributed by atoms with van der Waals surface area (Å²) in [7, 11) is 3.96. The van der Waals surface area contributed by atoms with Gasteiger partial charge in [-0.3, -0.25) is 4.90 Å². The zero-order valence-electron chi connectivity index (χ0n) is 17.0. The van der Waals surface area contributed by atoms with Crippen molar-refractivity contribution >= 4 is 5.95 Å². The maximum absolute atomic E-state index is 6.12. The van der Waals surface area contributed by atoms with Crippen molar-refractivity contribution in [2.75, 3.05) is 38.7 Å². The fraction of sp³-hybridized carbons (Fsp3) is 0.391. The highest BCUT2D eigenvalue weighted by molar-refractivity contribution is 5.57. The number of rotatable bonds is 4. The van der Waals surface area contributed by atoms with Crippen molar-refractivity contribution < 1.29 is 9.15 Å². The van der Waals surface area contributed by atoms with Crippen LogP contribution in [0.3, 0.4) is 0 Å². The topological polar surface area (TPSA) is 54.6 Å². The summed E-state index contributed by atoms with van der Waals surface area (Å²) in [5, 5.41) is 0. The van der Waals surface area contributed by atoms with Gasteiger partial charge in [0, 0.05) is 38.0 Å². The number of fused-ring (bicyclic) bond motifs is 2. The molecule has 2 aromatic heterocycles. The standard InChI is InChI=1S/C23H26N4O2/c1-26(2)22-24-12-18-14-28-16-23(21(18)25-22)10-11-27(15-23)13-19-8-9-20(29-19)17-6-4-3-5-7-17/h3-9,12H,10-11,13-16H2,1-2H3. The molecule has 1 atom stereocenters. The second-order valence-electron chi connectivity index (χ2n) is 8.30. The summed E-state index contributed by atoms with van der Waals surface area (Å²) in [5.41, 5.74) is 3.33. The minimum Gasteiger partial charge on any atom is -0.460 e. The molecule has 150 valence electrons. The second-order valence-corrected chi connectivity index (χ2v) is 8.30. The molecule has 1 aromatic carbocycles. The highest BCUT2D eigenvalue weighted by atomic mass is 16.5. The molecule has 0 bridgehead atoms. The molecule has 0 radical (unpaired) electrons. The predicted molar refractivity (Wildman–Crippen MR) is 112 cm³/mol. The van der Waals surface area contributed by atoms with Crippen molar-refractivity contribution in [2.45, 2.75) is 25.0 Å². The maximum atomic E-state index is 6.12. The Hall–Kier alpha value is -2.70. The van der Waals surface area contributed by atoms with Gasteiger partial charge in [0.1, 0.15) is 11.5 Å². The third-order valence-electron chi connectivity index (χ3n) is 5.92. The van der Waals surface area contributed by atoms with Crippen molar-refractivity contribution in [3.63, 3.8) is 0 Å². The van der Waals surface area contributed by atoms with E-state index >= 15 is 0 Å². The van der Waals surface area contributed by atoms with E-state index in [-0.39, 0.29) is 5.41 Å². The first-order chi connectivity index (χ1) is 14.1. The lowest BCUT2D eigenvalue weighted by Gasteiger charge is -2.34. The summed E-state index contributed by atoms with van der Waals surface area (Å²) in [6, 6.07) is 14.4. The fourth-order valence-electron chi connectivity index (χ4n) is 4.45. The average Bonchev–Trinajstić information content (AvgIpc) is 3.37. The van der Waals surface area contributed by atoms with Crippen LogP contribution < -0.4 is 4.90 Å². The van der Waals surface area contributed by atoms with Gasteiger partial charge in [0.15, 0.2) is 0 Å². The van der Waals surface area contributed by atoms with E-state index in [1.165, 1.54) is 0 Å². The molecule has 4 heterocycles. The van der Waals surface area contributed by atoms with Crippen LogP contribution >= 0.6 is 0 Å². The molecule has 2 aliphatic rings. The Morgan fingerprint density at radius 2 is 2.00 bits per heavy atom. The first-order valence-corrected chi connectivity index (χ1v) is 10.1. The second kappa shape index (κ2) is 7.28. The van der Waals surface area contributed by atoms with E-state index in [1.807, 2.05) is 43.4 Å². The molecule has 0 N–H and O–H groups in total. The monoisotopic (exact) mass is 390 g/mol. The molecule has 1 fully saturated rings. The fourth-order valence-corrected chi connectivity index (χ4v) is 4.45. The molecular weight excluding hydrogens is 364 g/mol. The molecule has 29 heavy (non-hydrogen) atoms. The number of hydrogen-bond acceptors (Lipinski definition) is 6. The summed E-state index contributed by atoms with van der Waals surface area (Å²) in [4.78, 5) is 13.8. The van der Waals surface area contributed by atoms with E-state index in [9.17, 15) is 0 Å². The SMILES string of the molecule is CN(C)c1ncc2c(n1)C1(CCN(Cc3ccc(-c4ccccc4)o3)C1)COC2. The van der Waals surface area contributed by atoms with Gasteiger partial charge in [-0.25, -0.2) is 9.97 Å². The van der Waals surface area contributed by atoms with Gasteiger partial charge in [0.25, 0.3) is 0 Å². The summed E-state index contributed by atoms with van der Waals surface area (Å²) in [6.45, 7) is 4.05. The highest BCUT2D eigenvalue weighted by Crippen LogP contribution is 2.40. The Balaban J connectivity index is 1.35. The lowest BCUT2D eigenvalue weighted by atomic mass is 9.80. The van der Waals surface area contributed by atoms with E-state index in [4.69, 9.17) is 14.1 Å². The number of likely N-dealkylation sites (tertiary alicyclic amines) is 1. The van der Waals surface area contributed by atoms with Crippen LogP contribution in [0.2, 0.25) is 0 Å². The van der Waals surface area contributed by atoms with E-state index < -0.39 is 0 Å². The highest BCUT2D eigenvalue weighted by Gasteiger charge is 2.45. The molecule has 0 saturated carbocycles. The van der Waals surface area contributed by atoms with E-state index in [0.717, 1.165) is 60.3 Å². The summed E-state index contributed by atoms with van der Waals surface area (Å²) in [6.07, 6.45) is 2.97. The molecule has 5 rings (SSSR count). The molecule has 1 unspecified atom stereocenters. The third kappa shape index (κ3) is 3.43. The summed E-state index contributed by atoms with van der Waals surface area (Å²) >= 11 is 0. The number of furan rings is 1. The maximum Gasteiger partial charge on any atom is 0.225 e. The number of nitrogens with zero attached hydrogens (tertiary/aromatic N) is 4. The van der Waals surface area contributed by atoms with Crippen LogP contribution in [0.15, 0.2) is 53.1 Å². The first kappa shape index (κ1) is 18.3. The zero-order chi connectivity index (χ0) is 19.8. The van der Waals surface area contributed by atoms with E-state index in [0.29, 0.717) is 13.2 Å². The third-order valence-corrected chi connectivity index (χ3v) is 5.92. The Morgan fingerprint density at radius 3 is 2.83 bits per heavy atom. The minimum absolute atomic E-state index is 0.0594. The van der Waals surface area contributed by atoms with Crippen LogP contribution in [0.25, 0.3) is 11.3 Å². The molecule has 6 heteroatoms. The summed E-state index contributed by atoms with van der Waals surface area (Å²) < 4.78 is 12.1. The van der Waals surface area contributed by atoms with E-state index in [2.05, 4.69) is 34.1 Å². The lowest BCUT2D eigenvalue weighted by molar-refractivity contribution is 0.0500. The van der Waals surface area contributed by atoms with Crippen LogP contribution in [0, 0.1) is 0 Å². The van der Waals surface area contributed by atoms with Crippen molar-refractivity contribution in [2.24, 2.45) is 0 Å². The lowest BCUT2D eigenvalue weighted by Crippen LogP contribution is -2.40. The molecule has 3 aromatic rings. The van der Waals surface area contributed by atoms with Gasteiger partial charge in [-0.05, 0) is 25.1 Å². The normalized spacial score (nSPS) is 21.4. The van der Waals surface area contributed by atoms with Crippen molar-refractivity contribution in [3.8, 4) is 11.3 Å². The van der Waals surface area contributed by atoms with Crippen molar-refractivity contribution in [1.29, 1.82) is 0 Å². The number of aromatic nitrogens is 2. The molecule has 6 nitrogen and oxygen atoms in total. The Morgan fingerprint density at radius 1 is 1.14 bits per heavy atom. The van der Waals surface area contributed by atoms with Crippen LogP contribution in [0.4, 0.5) is 5.95 Å². The average molecular weight is 390 g/mol. The van der Waals surface area contributed by atoms with Crippen LogP contribution in [0.5, 0.6) is 0 Å². The minimum atomic E-state index is -0.0594. The number of hydrogen-bond donors (Lipinski definition) is 0. The van der Waals surface area contributed by atoms with Crippen molar-refractivity contribution in [3.05, 3.63) is 65.7 Å². The van der Waals surface area contributed by atoms with Gasteiger partial charge < -0.3 is 14.1 Å². The number of anilines is 1. The Bertz CT molecular complexity index is 1000. The van der Waals surface area contributed by atoms with Gasteiger partial charge >= 0.3 is 0 Å². The molecule has 1 saturated heterocycles. The van der Waals surface area contributed by atoms with Crippen LogP contribution in [0.1, 0.15) is 23.4 Å². The van der Waals surface area contributed by atoms with Gasteiger partial charge in [-0.1, -0.05) is 30.3 Å². The van der Waals surface area contributed by atoms with Gasteiger partial charge in [0.2, 0.25) is 5.95 Å². The largest absolute Gasteiger partial charge is 0.460 e. The molecule has 0 amide bonds. The number of ether oxygens (including phenoxy) is 1. The van der Waals surface area contributed by atoms with Crippen LogP contribution in [-0.4, -0.2) is 48.7 Å². The van der Waals surface area contributed by atoms with Gasteiger partial charge in [0.05, 0.1) is 30.9 Å². The first-order valence-electron chi connectivity index (χ1n) is 10.1. The quantitative estimate of drug-likeness (QED) is 0.680. The zero-order valence-corrected chi connectivity index (χ0v) is 17.0. The van der Waals surface area contributed by atoms with Crippen LogP contribution in [-0.2, 0) is 23.3 Å². The molecular formula is C23H26N4O2. The number of benzene rings is 1. The van der Waals surface area contributed by atoms with E-state index in [1.54, 1.807) is 0 Å². The Labute approximate surface area is 171 Å². The summed E-state index contributed by atoms with van der Waals surface area (Å²) in [5.74, 6) is 2.68. The van der Waals surface area contributed by atoms with Gasteiger partial charge in [-0.15, -0.1) is 0 Å². The molecule has 1 spiro atoms. The molecule has 0 aliphatic carbocycles. The molecule has 2 aliphatic heterocycles. The smallest absolute Gasteiger partial charge is 0.225 e. The van der Waals surface area contributed by atoms with Crippen molar-refractivity contribution in [1.82, 2.24) is 14.9 Å². The predicted octanol–water partition coefficient (Wildman–Crippen LogP) is 3.48. The Kier molecular flexibility index (Phi) is 4.60.